The molecule has 1 aromatic rings. The minimum Gasteiger partial charge on any atom is -0.282 e. The minimum absolute atomic E-state index is 0.343. The van der Waals surface area contributed by atoms with Crippen LogP contribution in [0, 0.1) is 5.82 Å². The van der Waals surface area contributed by atoms with Crippen LogP contribution in [0.1, 0.15) is 6.92 Å². The molecule has 1 unspecified atom stereocenters. The van der Waals surface area contributed by atoms with E-state index in [-0.39, 0.29) is 11.7 Å². The smallest absolute Gasteiger partial charge is 0.282 e. The van der Waals surface area contributed by atoms with E-state index in [4.69, 9.17) is 0 Å². The van der Waals surface area contributed by atoms with Gasteiger partial charge in [-0.2, -0.15) is 0 Å². The van der Waals surface area contributed by atoms with Gasteiger partial charge in [-0.15, -0.1) is 0 Å². The minimum atomic E-state index is -0.553. The maximum absolute atomic E-state index is 12.7. The standard InChI is InChI=1S/C10H9FN2O2/c1-6-9(14)12-10(15)13(6)8-4-2-7(11)3-5-8/h2-6H,1H3,(H,12,14,15). The highest BCUT2D eigenvalue weighted by Crippen LogP contribution is 2.20. The quantitative estimate of drug-likeness (QED) is 0.706. The molecule has 4 nitrogen and oxygen atoms in total. The van der Waals surface area contributed by atoms with E-state index >= 15 is 0 Å². The largest absolute Gasteiger partial charge is 0.329 e. The van der Waals surface area contributed by atoms with Crippen molar-refractivity contribution in [2.24, 2.45) is 0 Å². The maximum Gasteiger partial charge on any atom is 0.329 e. The predicted molar refractivity (Wildman–Crippen MR) is 51.9 cm³/mol. The van der Waals surface area contributed by atoms with E-state index in [1.807, 2.05) is 0 Å². The Hall–Kier alpha value is -1.91. The topological polar surface area (TPSA) is 49.4 Å². The van der Waals surface area contributed by atoms with Gasteiger partial charge in [-0.05, 0) is 31.2 Å². The van der Waals surface area contributed by atoms with Crippen LogP contribution in [0.15, 0.2) is 24.3 Å². The molecule has 78 valence electrons. The molecule has 0 bridgehead atoms. The monoisotopic (exact) mass is 208 g/mol. The summed E-state index contributed by atoms with van der Waals surface area (Å²) in [5.74, 6) is -0.721. The van der Waals surface area contributed by atoms with Crippen LogP contribution >= 0.6 is 0 Å². The molecule has 1 saturated heterocycles. The summed E-state index contributed by atoms with van der Waals surface area (Å²) >= 11 is 0. The van der Waals surface area contributed by atoms with Crippen molar-refractivity contribution < 1.29 is 14.0 Å². The van der Waals surface area contributed by atoms with Crippen molar-refractivity contribution in [3.8, 4) is 0 Å². The molecule has 1 fully saturated rings. The van der Waals surface area contributed by atoms with E-state index in [2.05, 4.69) is 5.32 Å². The lowest BCUT2D eigenvalue weighted by Gasteiger charge is -2.18. The maximum atomic E-state index is 12.7. The molecule has 1 N–H and O–H groups in total. The van der Waals surface area contributed by atoms with Crippen LogP contribution in [0.4, 0.5) is 14.9 Å². The summed E-state index contributed by atoms with van der Waals surface area (Å²) in [5.41, 5.74) is 0.507. The number of hydrogen-bond donors (Lipinski definition) is 1. The van der Waals surface area contributed by atoms with Gasteiger partial charge in [0.15, 0.2) is 0 Å². The number of rotatable bonds is 1. The normalized spacial score (nSPS) is 20.7. The van der Waals surface area contributed by atoms with Gasteiger partial charge in [0.1, 0.15) is 11.9 Å². The van der Waals surface area contributed by atoms with Crippen LogP contribution in [0.2, 0.25) is 0 Å². The average Bonchev–Trinajstić information content (AvgIpc) is 2.44. The molecular formula is C10H9FN2O2. The van der Waals surface area contributed by atoms with Gasteiger partial charge in [0.2, 0.25) is 0 Å². The summed E-state index contributed by atoms with van der Waals surface area (Å²) in [4.78, 5) is 23.9. The van der Waals surface area contributed by atoms with E-state index in [1.54, 1.807) is 6.92 Å². The fourth-order valence-electron chi connectivity index (χ4n) is 1.51. The van der Waals surface area contributed by atoms with E-state index in [0.717, 1.165) is 0 Å². The van der Waals surface area contributed by atoms with Crippen molar-refractivity contribution in [3.63, 3.8) is 0 Å². The molecule has 0 aromatic heterocycles. The van der Waals surface area contributed by atoms with Gasteiger partial charge < -0.3 is 0 Å². The SMILES string of the molecule is CC1C(=O)NC(=O)N1c1ccc(F)cc1. The highest BCUT2D eigenvalue weighted by atomic mass is 19.1. The van der Waals surface area contributed by atoms with E-state index in [9.17, 15) is 14.0 Å². The van der Waals surface area contributed by atoms with Crippen molar-refractivity contribution in [3.05, 3.63) is 30.1 Å². The van der Waals surface area contributed by atoms with Crippen molar-refractivity contribution in [1.82, 2.24) is 5.32 Å². The van der Waals surface area contributed by atoms with Crippen molar-refractivity contribution >= 4 is 17.6 Å². The summed E-state index contributed by atoms with van der Waals surface area (Å²) in [6, 6.07) is 4.40. The summed E-state index contributed by atoms with van der Waals surface area (Å²) in [6.45, 7) is 1.61. The number of nitrogens with zero attached hydrogens (tertiary/aromatic N) is 1. The Morgan fingerprint density at radius 1 is 1.27 bits per heavy atom. The third kappa shape index (κ3) is 1.56. The first-order chi connectivity index (χ1) is 7.09. The number of urea groups is 1. The highest BCUT2D eigenvalue weighted by Gasteiger charge is 2.35. The number of nitrogens with one attached hydrogen (secondary N) is 1. The predicted octanol–water partition coefficient (Wildman–Crippen LogP) is 1.27. The average molecular weight is 208 g/mol. The summed E-state index contributed by atoms with van der Waals surface area (Å²) < 4.78 is 12.7. The molecule has 0 spiro atoms. The first-order valence-corrected chi connectivity index (χ1v) is 4.49. The first-order valence-electron chi connectivity index (χ1n) is 4.49. The Bertz CT molecular complexity index is 416. The molecular weight excluding hydrogens is 199 g/mol. The Labute approximate surface area is 85.7 Å². The molecule has 5 heteroatoms. The zero-order valence-corrected chi connectivity index (χ0v) is 8.03. The second-order valence-electron chi connectivity index (χ2n) is 3.32. The molecule has 1 heterocycles. The Kier molecular flexibility index (Phi) is 2.15. The molecule has 1 aliphatic rings. The number of anilines is 1. The molecule has 1 aromatic carbocycles. The Morgan fingerprint density at radius 2 is 1.87 bits per heavy atom. The van der Waals surface area contributed by atoms with Gasteiger partial charge in [-0.3, -0.25) is 15.0 Å². The lowest BCUT2D eigenvalue weighted by atomic mass is 10.2. The van der Waals surface area contributed by atoms with E-state index < -0.39 is 12.1 Å². The summed E-state index contributed by atoms with van der Waals surface area (Å²) in [7, 11) is 0. The van der Waals surface area contributed by atoms with Gasteiger partial charge in [0.05, 0.1) is 0 Å². The molecule has 1 atom stereocenters. The van der Waals surface area contributed by atoms with Crippen molar-refractivity contribution in [1.29, 1.82) is 0 Å². The second-order valence-corrected chi connectivity index (χ2v) is 3.32. The van der Waals surface area contributed by atoms with Crippen LogP contribution in [0.3, 0.4) is 0 Å². The molecule has 2 rings (SSSR count). The van der Waals surface area contributed by atoms with Gasteiger partial charge in [-0.25, -0.2) is 9.18 Å². The second kappa shape index (κ2) is 3.34. The first kappa shape index (κ1) is 9.64. The fraction of sp³-hybridized carbons (Fsp3) is 0.200. The van der Waals surface area contributed by atoms with Gasteiger partial charge >= 0.3 is 6.03 Å². The van der Waals surface area contributed by atoms with E-state index in [0.29, 0.717) is 5.69 Å². The third-order valence-corrected chi connectivity index (χ3v) is 2.32. The number of carbonyl (C=O) groups excluding carboxylic acids is 2. The molecule has 0 saturated carbocycles. The number of carbonyl (C=O) groups is 2. The van der Waals surface area contributed by atoms with Crippen LogP contribution in [-0.4, -0.2) is 18.0 Å². The molecule has 1 aliphatic heterocycles. The Morgan fingerprint density at radius 3 is 2.33 bits per heavy atom. The Balaban J connectivity index is 2.34. The lowest BCUT2D eigenvalue weighted by Crippen LogP contribution is -2.32. The fourth-order valence-corrected chi connectivity index (χ4v) is 1.51. The van der Waals surface area contributed by atoms with Crippen LogP contribution < -0.4 is 10.2 Å². The lowest BCUT2D eigenvalue weighted by molar-refractivity contribution is -0.119. The number of hydrogen-bond acceptors (Lipinski definition) is 2. The number of amides is 3. The van der Waals surface area contributed by atoms with Crippen molar-refractivity contribution in [2.75, 3.05) is 4.90 Å². The van der Waals surface area contributed by atoms with Crippen LogP contribution in [0.5, 0.6) is 0 Å². The molecule has 0 radical (unpaired) electrons. The van der Waals surface area contributed by atoms with E-state index in [1.165, 1.54) is 29.2 Å². The van der Waals surface area contributed by atoms with Crippen molar-refractivity contribution in [2.45, 2.75) is 13.0 Å². The molecule has 0 aliphatic carbocycles. The van der Waals surface area contributed by atoms with Gasteiger partial charge in [0.25, 0.3) is 5.91 Å². The highest BCUT2D eigenvalue weighted by molar-refractivity contribution is 6.14. The summed E-state index contributed by atoms with van der Waals surface area (Å²) in [6.07, 6.45) is 0. The number of imide groups is 1. The van der Waals surface area contributed by atoms with Gasteiger partial charge in [0, 0.05) is 5.69 Å². The van der Waals surface area contributed by atoms with Crippen LogP contribution in [-0.2, 0) is 4.79 Å². The molecule has 3 amide bonds. The van der Waals surface area contributed by atoms with Gasteiger partial charge in [-0.1, -0.05) is 0 Å². The number of benzene rings is 1. The van der Waals surface area contributed by atoms with Crippen LogP contribution in [0.25, 0.3) is 0 Å². The third-order valence-electron chi connectivity index (χ3n) is 2.32. The zero-order valence-electron chi connectivity index (χ0n) is 8.03. The zero-order chi connectivity index (χ0) is 11.0. The molecule has 15 heavy (non-hydrogen) atoms. The number of halogens is 1. The summed E-state index contributed by atoms with van der Waals surface area (Å²) in [5, 5.41) is 2.18.